The van der Waals surface area contributed by atoms with E-state index in [1.807, 2.05) is 39.0 Å². The molecule has 3 rings (SSSR count). The highest BCUT2D eigenvalue weighted by molar-refractivity contribution is 8.00. The lowest BCUT2D eigenvalue weighted by Gasteiger charge is -2.14. The molecule has 1 amide bonds. The van der Waals surface area contributed by atoms with Crippen LogP contribution in [0.1, 0.15) is 18.1 Å². The maximum atomic E-state index is 12.6. The third kappa shape index (κ3) is 4.48. The number of anilines is 1. The molecule has 28 heavy (non-hydrogen) atoms. The summed E-state index contributed by atoms with van der Waals surface area (Å²) in [5.74, 6) is 1.07. The Morgan fingerprint density at radius 1 is 1.25 bits per heavy atom. The van der Waals surface area contributed by atoms with Crippen molar-refractivity contribution >= 4 is 35.0 Å². The Morgan fingerprint density at radius 3 is 2.64 bits per heavy atom. The van der Waals surface area contributed by atoms with Gasteiger partial charge < -0.3 is 10.1 Å². The number of hydrogen-bond acceptors (Lipinski definition) is 5. The number of hydrogen-bond donors (Lipinski definition) is 2. The van der Waals surface area contributed by atoms with Gasteiger partial charge in [0.2, 0.25) is 11.1 Å². The molecule has 0 unspecified atom stereocenters. The maximum absolute atomic E-state index is 12.6. The Kier molecular flexibility index (Phi) is 6.26. The molecule has 0 bridgehead atoms. The molecule has 0 saturated heterocycles. The van der Waals surface area contributed by atoms with E-state index in [9.17, 15) is 4.79 Å². The quantitative estimate of drug-likeness (QED) is 0.560. The van der Waals surface area contributed by atoms with Gasteiger partial charge in [-0.3, -0.25) is 9.89 Å². The van der Waals surface area contributed by atoms with Crippen molar-refractivity contribution in [1.29, 1.82) is 0 Å². The summed E-state index contributed by atoms with van der Waals surface area (Å²) in [6, 6.07) is 11.2. The molecule has 2 aromatic carbocycles. The molecule has 0 fully saturated rings. The number of ether oxygens (including phenoxy) is 1. The van der Waals surface area contributed by atoms with Gasteiger partial charge >= 0.3 is 0 Å². The lowest BCUT2D eigenvalue weighted by molar-refractivity contribution is -0.115. The van der Waals surface area contributed by atoms with E-state index in [0.717, 1.165) is 16.8 Å². The highest BCUT2D eigenvalue weighted by Crippen LogP contribution is 2.32. The van der Waals surface area contributed by atoms with E-state index in [-0.39, 0.29) is 11.2 Å². The number of carbonyl (C=O) groups is 1. The first-order chi connectivity index (χ1) is 13.4. The Hall–Kier alpha value is -2.51. The van der Waals surface area contributed by atoms with E-state index in [0.29, 0.717) is 27.3 Å². The maximum Gasteiger partial charge on any atom is 0.237 e. The van der Waals surface area contributed by atoms with Gasteiger partial charge in [-0.25, -0.2) is 4.98 Å². The average Bonchev–Trinajstić information content (AvgIpc) is 3.13. The second-order valence-electron chi connectivity index (χ2n) is 6.33. The number of amides is 1. The van der Waals surface area contributed by atoms with Crippen LogP contribution in [0.5, 0.6) is 5.75 Å². The number of aryl methyl sites for hydroxylation is 2. The van der Waals surface area contributed by atoms with Crippen LogP contribution in [0.25, 0.3) is 11.4 Å². The second-order valence-corrected chi connectivity index (χ2v) is 8.07. The number of aromatic amines is 1. The van der Waals surface area contributed by atoms with E-state index >= 15 is 0 Å². The topological polar surface area (TPSA) is 79.9 Å². The summed E-state index contributed by atoms with van der Waals surface area (Å²) in [7, 11) is 1.58. The van der Waals surface area contributed by atoms with Gasteiger partial charge in [0.25, 0.3) is 0 Å². The number of methoxy groups -OCH3 is 1. The number of para-hydroxylation sites is 1. The standard InChI is InChI=1S/C20H21ClN4O2S/c1-11-6-5-7-12(2)17(11)22-19(26)13(3)28-20-23-18(24-25-20)15-10-14(21)8-9-16(15)27-4/h5-10,13H,1-4H3,(H,22,26)(H,23,24,25)/t13-/m0/s1. The van der Waals surface area contributed by atoms with Crippen molar-refractivity contribution in [3.63, 3.8) is 0 Å². The smallest absolute Gasteiger partial charge is 0.237 e. The van der Waals surface area contributed by atoms with Gasteiger partial charge in [-0.2, -0.15) is 0 Å². The van der Waals surface area contributed by atoms with Crippen LogP contribution in [0, 0.1) is 13.8 Å². The van der Waals surface area contributed by atoms with E-state index in [1.165, 1.54) is 11.8 Å². The Bertz CT molecular complexity index is 985. The fourth-order valence-corrected chi connectivity index (χ4v) is 3.63. The Balaban J connectivity index is 1.73. The molecule has 0 radical (unpaired) electrons. The number of thioether (sulfide) groups is 1. The normalized spacial score (nSPS) is 11.9. The number of nitrogens with one attached hydrogen (secondary N) is 2. The number of aromatic nitrogens is 3. The highest BCUT2D eigenvalue weighted by atomic mass is 35.5. The first-order valence-corrected chi connectivity index (χ1v) is 9.95. The fourth-order valence-electron chi connectivity index (χ4n) is 2.73. The molecule has 3 aromatic rings. The average molecular weight is 417 g/mol. The summed E-state index contributed by atoms with van der Waals surface area (Å²) in [6.07, 6.45) is 0. The molecule has 0 aliphatic rings. The Morgan fingerprint density at radius 2 is 1.96 bits per heavy atom. The largest absolute Gasteiger partial charge is 0.496 e. The third-order valence-corrected chi connectivity index (χ3v) is 5.46. The van der Waals surface area contributed by atoms with Gasteiger partial charge in [0, 0.05) is 10.7 Å². The van der Waals surface area contributed by atoms with Gasteiger partial charge in [-0.15, -0.1) is 5.10 Å². The minimum Gasteiger partial charge on any atom is -0.496 e. The van der Waals surface area contributed by atoms with Crippen molar-refractivity contribution in [3.05, 3.63) is 52.5 Å². The van der Waals surface area contributed by atoms with Gasteiger partial charge in [0.05, 0.1) is 17.9 Å². The van der Waals surface area contributed by atoms with Gasteiger partial charge in [0.15, 0.2) is 5.82 Å². The third-order valence-electron chi connectivity index (χ3n) is 4.26. The number of carbonyl (C=O) groups excluding carboxylic acids is 1. The van der Waals surface area contributed by atoms with Crippen LogP contribution in [0.2, 0.25) is 5.02 Å². The molecule has 8 heteroatoms. The lowest BCUT2D eigenvalue weighted by atomic mass is 10.1. The number of H-pyrrole nitrogens is 1. The zero-order chi connectivity index (χ0) is 20.3. The van der Waals surface area contributed by atoms with E-state index in [2.05, 4.69) is 20.5 Å². The van der Waals surface area contributed by atoms with Crippen LogP contribution in [0.3, 0.4) is 0 Å². The molecular weight excluding hydrogens is 396 g/mol. The zero-order valence-corrected chi connectivity index (χ0v) is 17.6. The highest BCUT2D eigenvalue weighted by Gasteiger charge is 2.19. The van der Waals surface area contributed by atoms with Crippen LogP contribution < -0.4 is 10.1 Å². The van der Waals surface area contributed by atoms with Gasteiger partial charge in [-0.05, 0) is 50.1 Å². The van der Waals surface area contributed by atoms with E-state index in [4.69, 9.17) is 16.3 Å². The van der Waals surface area contributed by atoms with Crippen LogP contribution in [0.15, 0.2) is 41.6 Å². The van der Waals surface area contributed by atoms with Crippen LogP contribution in [-0.2, 0) is 4.79 Å². The summed E-state index contributed by atoms with van der Waals surface area (Å²) in [5.41, 5.74) is 3.61. The SMILES string of the molecule is COc1ccc(Cl)cc1-c1nc(S[C@@H](C)C(=O)Nc2c(C)cccc2C)n[nH]1. The number of rotatable bonds is 6. The summed E-state index contributed by atoms with van der Waals surface area (Å²) in [6.45, 7) is 5.77. The van der Waals surface area contributed by atoms with Crippen molar-refractivity contribution < 1.29 is 9.53 Å². The van der Waals surface area contributed by atoms with Crippen molar-refractivity contribution in [1.82, 2.24) is 15.2 Å². The molecular formula is C20H21ClN4O2S. The molecule has 0 spiro atoms. The molecule has 146 valence electrons. The zero-order valence-electron chi connectivity index (χ0n) is 16.0. The first-order valence-electron chi connectivity index (χ1n) is 8.69. The number of benzene rings is 2. The molecule has 0 aliphatic heterocycles. The predicted molar refractivity (Wildman–Crippen MR) is 113 cm³/mol. The molecule has 6 nitrogen and oxygen atoms in total. The number of nitrogens with zero attached hydrogens (tertiary/aromatic N) is 2. The van der Waals surface area contributed by atoms with E-state index in [1.54, 1.807) is 25.3 Å². The monoisotopic (exact) mass is 416 g/mol. The van der Waals surface area contributed by atoms with Crippen LogP contribution >= 0.6 is 23.4 Å². The van der Waals surface area contributed by atoms with Gasteiger partial charge in [-0.1, -0.05) is 41.6 Å². The molecule has 0 saturated carbocycles. The second kappa shape index (κ2) is 8.67. The van der Waals surface area contributed by atoms with Crippen molar-refractivity contribution in [3.8, 4) is 17.1 Å². The summed E-state index contributed by atoms with van der Waals surface area (Å²) >= 11 is 7.36. The minimum absolute atomic E-state index is 0.103. The van der Waals surface area contributed by atoms with Crippen LogP contribution in [-0.4, -0.2) is 33.4 Å². The molecule has 1 aromatic heterocycles. The minimum atomic E-state index is -0.371. The summed E-state index contributed by atoms with van der Waals surface area (Å²) < 4.78 is 5.35. The molecule has 1 heterocycles. The molecule has 0 aliphatic carbocycles. The fraction of sp³-hybridized carbons (Fsp3) is 0.250. The Labute approximate surface area is 173 Å². The van der Waals surface area contributed by atoms with Crippen molar-refractivity contribution in [2.45, 2.75) is 31.2 Å². The van der Waals surface area contributed by atoms with Crippen LogP contribution in [0.4, 0.5) is 5.69 Å². The summed E-state index contributed by atoms with van der Waals surface area (Å²) in [4.78, 5) is 17.1. The van der Waals surface area contributed by atoms with E-state index < -0.39 is 0 Å². The van der Waals surface area contributed by atoms with Crippen molar-refractivity contribution in [2.75, 3.05) is 12.4 Å². The molecule has 2 N–H and O–H groups in total. The number of halogens is 1. The lowest BCUT2D eigenvalue weighted by Crippen LogP contribution is -2.23. The van der Waals surface area contributed by atoms with Crippen molar-refractivity contribution in [2.24, 2.45) is 0 Å². The first kappa shape index (κ1) is 20.2. The predicted octanol–water partition coefficient (Wildman–Crippen LogP) is 4.87. The summed E-state index contributed by atoms with van der Waals surface area (Å²) in [5, 5.41) is 10.8. The van der Waals surface area contributed by atoms with Gasteiger partial charge in [0.1, 0.15) is 5.75 Å². The molecule has 1 atom stereocenters.